The topological polar surface area (TPSA) is 77.1 Å². The van der Waals surface area contributed by atoms with Gasteiger partial charge in [-0.2, -0.15) is 0 Å². The standard InChI is InChI=1S/C25H42N2O5Si/c1-10-30-21(28)18-12-11-13-20(14-18)26-17-25(32-33(8)9)15-19(23(2,3)4)16-27(25)22(29)31-24(5,6)7/h11-14,19,26,33H,10,15-17H2,1-9H3/t19-,25-/m0/s1. The number of ether oxygens (including phenoxy) is 2. The lowest BCUT2D eigenvalue weighted by molar-refractivity contribution is -0.0597. The second-order valence-electron chi connectivity index (χ2n) is 11.1. The number of carbonyl (C=O) groups is 2. The molecule has 1 fully saturated rings. The molecule has 1 saturated heterocycles. The number of esters is 1. The summed E-state index contributed by atoms with van der Waals surface area (Å²) in [6.45, 7) is 19.5. The number of nitrogens with one attached hydrogen (secondary N) is 1. The summed E-state index contributed by atoms with van der Waals surface area (Å²) >= 11 is 0. The van der Waals surface area contributed by atoms with Gasteiger partial charge in [0.1, 0.15) is 5.60 Å². The van der Waals surface area contributed by atoms with Crippen LogP contribution in [0, 0.1) is 11.3 Å². The van der Waals surface area contributed by atoms with Gasteiger partial charge in [0.25, 0.3) is 0 Å². The summed E-state index contributed by atoms with van der Waals surface area (Å²) < 4.78 is 17.5. The predicted molar refractivity (Wildman–Crippen MR) is 134 cm³/mol. The van der Waals surface area contributed by atoms with Crippen molar-refractivity contribution in [2.24, 2.45) is 11.3 Å². The van der Waals surface area contributed by atoms with E-state index in [1.165, 1.54) is 0 Å². The van der Waals surface area contributed by atoms with Crippen molar-refractivity contribution in [3.05, 3.63) is 29.8 Å². The van der Waals surface area contributed by atoms with Gasteiger partial charge in [-0.15, -0.1) is 0 Å². The zero-order valence-electron chi connectivity index (χ0n) is 21.8. The van der Waals surface area contributed by atoms with Gasteiger partial charge < -0.3 is 19.2 Å². The number of anilines is 1. The highest BCUT2D eigenvalue weighted by atomic mass is 28.3. The highest BCUT2D eigenvalue weighted by molar-refractivity contribution is 6.48. The van der Waals surface area contributed by atoms with Crippen LogP contribution in [0.2, 0.25) is 13.1 Å². The minimum Gasteiger partial charge on any atom is -0.462 e. The quantitative estimate of drug-likeness (QED) is 0.425. The Hall–Kier alpha value is -2.06. The zero-order chi connectivity index (χ0) is 25.0. The fraction of sp³-hybridized carbons (Fsp3) is 0.680. The minimum absolute atomic E-state index is 0.00767. The minimum atomic E-state index is -1.53. The molecule has 0 bridgehead atoms. The lowest BCUT2D eigenvalue weighted by Gasteiger charge is -2.40. The first-order valence-corrected chi connectivity index (χ1v) is 14.6. The molecule has 1 aromatic rings. The summed E-state index contributed by atoms with van der Waals surface area (Å²) in [7, 11) is -1.53. The van der Waals surface area contributed by atoms with E-state index in [0.717, 1.165) is 5.69 Å². The molecule has 0 aromatic heterocycles. The molecule has 1 amide bonds. The third-order valence-corrected chi connectivity index (χ3v) is 6.61. The van der Waals surface area contributed by atoms with E-state index in [9.17, 15) is 9.59 Å². The molecule has 0 aliphatic carbocycles. The molecule has 0 saturated carbocycles. The second-order valence-corrected chi connectivity index (χ2v) is 13.5. The number of likely N-dealkylation sites (tertiary alicyclic amines) is 1. The van der Waals surface area contributed by atoms with Crippen LogP contribution in [-0.2, 0) is 13.9 Å². The zero-order valence-corrected chi connectivity index (χ0v) is 22.9. The highest BCUT2D eigenvalue weighted by Crippen LogP contribution is 2.44. The van der Waals surface area contributed by atoms with Crippen LogP contribution in [0.4, 0.5) is 10.5 Å². The molecule has 1 aliphatic heterocycles. The average molecular weight is 479 g/mol. The maximum absolute atomic E-state index is 13.3. The molecule has 1 N–H and O–H groups in total. The lowest BCUT2D eigenvalue weighted by Crippen LogP contribution is -2.56. The second kappa shape index (κ2) is 10.5. The molecule has 2 atom stereocenters. The first kappa shape index (κ1) is 27.2. The van der Waals surface area contributed by atoms with E-state index in [-0.39, 0.29) is 23.4 Å². The van der Waals surface area contributed by atoms with E-state index in [2.05, 4.69) is 39.2 Å². The Morgan fingerprint density at radius 2 is 1.85 bits per heavy atom. The molecule has 0 unspecified atom stereocenters. The van der Waals surface area contributed by atoms with Crippen molar-refractivity contribution in [3.8, 4) is 0 Å². The van der Waals surface area contributed by atoms with E-state index in [1.54, 1.807) is 24.0 Å². The molecule has 2 rings (SSSR count). The maximum atomic E-state index is 13.3. The molecule has 1 aliphatic rings. The SMILES string of the molecule is CCOC(=O)c1cccc(NC[C@@]2(O[SiH](C)C)C[C@H](C(C)(C)C)CN2C(=O)OC(C)(C)C)c1. The predicted octanol–water partition coefficient (Wildman–Crippen LogP) is 5.27. The summed E-state index contributed by atoms with van der Waals surface area (Å²) in [5.41, 5.74) is -0.150. The van der Waals surface area contributed by atoms with Crippen molar-refractivity contribution < 1.29 is 23.5 Å². The number of nitrogens with zero attached hydrogens (tertiary/aromatic N) is 1. The molecule has 186 valence electrons. The molecule has 0 spiro atoms. The van der Waals surface area contributed by atoms with Gasteiger partial charge in [0.2, 0.25) is 0 Å². The van der Waals surface area contributed by atoms with Crippen LogP contribution in [0.25, 0.3) is 0 Å². The highest BCUT2D eigenvalue weighted by Gasteiger charge is 2.53. The Balaban J connectivity index is 2.36. The third-order valence-electron chi connectivity index (χ3n) is 5.70. The summed E-state index contributed by atoms with van der Waals surface area (Å²) in [6.07, 6.45) is 0.358. The largest absolute Gasteiger partial charge is 0.462 e. The monoisotopic (exact) mass is 478 g/mol. The van der Waals surface area contributed by atoms with Gasteiger partial charge in [0.15, 0.2) is 14.8 Å². The summed E-state index contributed by atoms with van der Waals surface area (Å²) in [5, 5.41) is 3.43. The van der Waals surface area contributed by atoms with Crippen LogP contribution in [-0.4, -0.2) is 57.0 Å². The van der Waals surface area contributed by atoms with Gasteiger partial charge in [0, 0.05) is 18.7 Å². The maximum Gasteiger partial charge on any atom is 0.412 e. The third kappa shape index (κ3) is 7.47. The molecule has 1 heterocycles. The Morgan fingerprint density at radius 1 is 1.18 bits per heavy atom. The van der Waals surface area contributed by atoms with Gasteiger partial charge in [-0.1, -0.05) is 26.8 Å². The molecular weight excluding hydrogens is 436 g/mol. The van der Waals surface area contributed by atoms with Gasteiger partial charge in [0.05, 0.1) is 18.7 Å². The smallest absolute Gasteiger partial charge is 0.412 e. The van der Waals surface area contributed by atoms with Gasteiger partial charge in [-0.05, 0) is 70.3 Å². The van der Waals surface area contributed by atoms with Crippen LogP contribution < -0.4 is 5.32 Å². The van der Waals surface area contributed by atoms with Gasteiger partial charge >= 0.3 is 12.1 Å². The van der Waals surface area contributed by atoms with Crippen LogP contribution in [0.5, 0.6) is 0 Å². The first-order chi connectivity index (χ1) is 15.2. The Kier molecular flexibility index (Phi) is 8.62. The van der Waals surface area contributed by atoms with Crippen LogP contribution >= 0.6 is 0 Å². The van der Waals surface area contributed by atoms with E-state index in [4.69, 9.17) is 13.9 Å². The summed E-state index contributed by atoms with van der Waals surface area (Å²) in [6, 6.07) is 7.22. The number of hydrogen-bond donors (Lipinski definition) is 1. The normalized spacial score (nSPS) is 21.3. The number of hydrogen-bond acceptors (Lipinski definition) is 6. The van der Waals surface area contributed by atoms with Crippen LogP contribution in [0.1, 0.15) is 65.2 Å². The fourth-order valence-electron chi connectivity index (χ4n) is 4.05. The first-order valence-electron chi connectivity index (χ1n) is 11.9. The van der Waals surface area contributed by atoms with E-state index < -0.39 is 20.4 Å². The Labute approximate surface area is 200 Å². The van der Waals surface area contributed by atoms with Crippen LogP contribution in [0.15, 0.2) is 24.3 Å². The van der Waals surface area contributed by atoms with Gasteiger partial charge in [-0.25, -0.2) is 9.59 Å². The van der Waals surface area contributed by atoms with Crippen molar-refractivity contribution in [2.45, 2.75) is 79.3 Å². The number of rotatable bonds is 7. The van der Waals surface area contributed by atoms with Crippen LogP contribution in [0.3, 0.4) is 0 Å². The van der Waals surface area contributed by atoms with Gasteiger partial charge in [-0.3, -0.25) is 4.90 Å². The average Bonchev–Trinajstić information content (AvgIpc) is 3.05. The molecule has 7 nitrogen and oxygen atoms in total. The number of amides is 1. The number of benzene rings is 1. The lowest BCUT2D eigenvalue weighted by atomic mass is 9.79. The van der Waals surface area contributed by atoms with Crippen molar-refractivity contribution in [1.82, 2.24) is 4.90 Å². The molecule has 8 heteroatoms. The summed E-state index contributed by atoms with van der Waals surface area (Å²) in [4.78, 5) is 27.2. The molecule has 33 heavy (non-hydrogen) atoms. The molecule has 0 radical (unpaired) electrons. The van der Waals surface area contributed by atoms with Crippen molar-refractivity contribution >= 4 is 26.8 Å². The Morgan fingerprint density at radius 3 is 2.39 bits per heavy atom. The van der Waals surface area contributed by atoms with Crippen molar-refractivity contribution in [2.75, 3.05) is 25.0 Å². The van der Waals surface area contributed by atoms with E-state index >= 15 is 0 Å². The fourth-order valence-corrected chi connectivity index (χ4v) is 5.24. The van der Waals surface area contributed by atoms with E-state index in [1.807, 2.05) is 32.9 Å². The van der Waals surface area contributed by atoms with Crippen molar-refractivity contribution in [1.29, 1.82) is 0 Å². The van der Waals surface area contributed by atoms with Crippen molar-refractivity contribution in [3.63, 3.8) is 0 Å². The Bertz CT molecular complexity index is 831. The summed E-state index contributed by atoms with van der Waals surface area (Å²) in [5.74, 6) is -0.101. The number of carbonyl (C=O) groups excluding carboxylic acids is 2. The molecule has 1 aromatic carbocycles. The molecular formula is C25H42N2O5Si. The van der Waals surface area contributed by atoms with E-state index in [0.29, 0.717) is 31.7 Å².